The van der Waals surface area contributed by atoms with E-state index in [9.17, 15) is 4.39 Å². The van der Waals surface area contributed by atoms with Gasteiger partial charge in [0.05, 0.1) is 10.9 Å². The third-order valence-electron chi connectivity index (χ3n) is 3.51. The summed E-state index contributed by atoms with van der Waals surface area (Å²) in [6, 6.07) is 10.4. The molecule has 0 N–H and O–H groups in total. The van der Waals surface area contributed by atoms with Gasteiger partial charge in [-0.1, -0.05) is 18.2 Å². The third-order valence-corrected chi connectivity index (χ3v) is 4.37. The summed E-state index contributed by atoms with van der Waals surface area (Å²) in [6.07, 6.45) is 0. The molecule has 22 heavy (non-hydrogen) atoms. The van der Waals surface area contributed by atoms with Crippen LogP contribution in [0, 0.1) is 5.82 Å². The fourth-order valence-electron chi connectivity index (χ4n) is 2.15. The van der Waals surface area contributed by atoms with Gasteiger partial charge in [0.2, 0.25) is 5.89 Å². The molecule has 0 aliphatic carbocycles. The smallest absolute Gasteiger partial charge is 0.257 e. The highest BCUT2D eigenvalue weighted by Crippen LogP contribution is 2.26. The Morgan fingerprint density at radius 3 is 2.86 bits per heavy atom. The monoisotopic (exact) mass is 317 g/mol. The van der Waals surface area contributed by atoms with Crippen LogP contribution in [0.2, 0.25) is 0 Å². The molecule has 0 fully saturated rings. The van der Waals surface area contributed by atoms with Gasteiger partial charge in [-0.25, -0.2) is 4.39 Å². The van der Waals surface area contributed by atoms with E-state index in [4.69, 9.17) is 4.42 Å². The lowest BCUT2D eigenvalue weighted by Crippen LogP contribution is -2.22. The molecule has 1 aromatic carbocycles. The predicted molar refractivity (Wildman–Crippen MR) is 83.9 cm³/mol. The van der Waals surface area contributed by atoms with E-state index in [-0.39, 0.29) is 11.9 Å². The summed E-state index contributed by atoms with van der Waals surface area (Å²) in [6.45, 7) is 2.60. The molecule has 0 amide bonds. The van der Waals surface area contributed by atoms with E-state index in [2.05, 4.69) is 10.2 Å². The van der Waals surface area contributed by atoms with Gasteiger partial charge in [0.25, 0.3) is 5.89 Å². The van der Waals surface area contributed by atoms with Crippen molar-refractivity contribution in [3.8, 4) is 10.8 Å². The standard InChI is InChI=1S/C16H16FN3OS/c1-11(20(2)10-12-5-3-6-13(17)9-12)15-18-19-16(21-15)14-7-4-8-22-14/h3-9,11H,10H2,1-2H3. The predicted octanol–water partition coefficient (Wildman–Crippen LogP) is 4.13. The lowest BCUT2D eigenvalue weighted by molar-refractivity contribution is 0.218. The average molecular weight is 317 g/mol. The number of hydrogen-bond acceptors (Lipinski definition) is 5. The van der Waals surface area contributed by atoms with Crippen LogP contribution < -0.4 is 0 Å². The fourth-order valence-corrected chi connectivity index (χ4v) is 2.80. The summed E-state index contributed by atoms with van der Waals surface area (Å²) in [4.78, 5) is 3.00. The number of thiophene rings is 1. The van der Waals surface area contributed by atoms with Crippen molar-refractivity contribution in [3.05, 3.63) is 59.0 Å². The maximum atomic E-state index is 13.2. The van der Waals surface area contributed by atoms with Crippen LogP contribution in [0.1, 0.15) is 24.4 Å². The van der Waals surface area contributed by atoms with Crippen molar-refractivity contribution in [2.24, 2.45) is 0 Å². The van der Waals surface area contributed by atoms with Crippen LogP contribution in [0.5, 0.6) is 0 Å². The molecule has 6 heteroatoms. The first-order valence-corrected chi connectivity index (χ1v) is 7.83. The van der Waals surface area contributed by atoms with Crippen LogP contribution in [-0.2, 0) is 6.54 Å². The zero-order chi connectivity index (χ0) is 15.5. The Kier molecular flexibility index (Phi) is 4.31. The first-order valence-electron chi connectivity index (χ1n) is 6.95. The van der Waals surface area contributed by atoms with Crippen molar-refractivity contribution >= 4 is 11.3 Å². The molecule has 0 saturated carbocycles. The third kappa shape index (κ3) is 3.23. The Balaban J connectivity index is 1.72. The number of hydrogen-bond donors (Lipinski definition) is 0. The van der Waals surface area contributed by atoms with E-state index in [0.29, 0.717) is 18.3 Å². The maximum Gasteiger partial charge on any atom is 0.257 e. The lowest BCUT2D eigenvalue weighted by atomic mass is 10.2. The summed E-state index contributed by atoms with van der Waals surface area (Å²) < 4.78 is 19.0. The SMILES string of the molecule is CC(c1nnc(-c2cccs2)o1)N(C)Cc1cccc(F)c1. The van der Waals surface area contributed by atoms with E-state index in [1.165, 1.54) is 12.1 Å². The molecule has 3 aromatic rings. The Bertz CT molecular complexity index is 741. The quantitative estimate of drug-likeness (QED) is 0.709. The second-order valence-electron chi connectivity index (χ2n) is 5.14. The second kappa shape index (κ2) is 6.37. The molecule has 114 valence electrons. The number of nitrogens with zero attached hydrogens (tertiary/aromatic N) is 3. The van der Waals surface area contributed by atoms with Gasteiger partial charge < -0.3 is 4.42 Å². The molecular weight excluding hydrogens is 301 g/mol. The van der Waals surface area contributed by atoms with Gasteiger partial charge in [0.15, 0.2) is 0 Å². The van der Waals surface area contributed by atoms with Gasteiger partial charge in [-0.05, 0) is 43.1 Å². The maximum absolute atomic E-state index is 13.2. The molecule has 2 heterocycles. The molecule has 1 unspecified atom stereocenters. The average Bonchev–Trinajstić information content (AvgIpc) is 3.17. The Hall–Kier alpha value is -2.05. The molecule has 4 nitrogen and oxygen atoms in total. The molecule has 0 aliphatic heterocycles. The highest BCUT2D eigenvalue weighted by molar-refractivity contribution is 7.13. The molecule has 0 radical (unpaired) electrons. The normalized spacial score (nSPS) is 12.7. The molecule has 3 rings (SSSR count). The lowest BCUT2D eigenvalue weighted by Gasteiger charge is -2.21. The van der Waals surface area contributed by atoms with Crippen molar-refractivity contribution in [1.29, 1.82) is 0 Å². The van der Waals surface area contributed by atoms with E-state index >= 15 is 0 Å². The summed E-state index contributed by atoms with van der Waals surface area (Å²) in [5.74, 6) is 0.870. The highest BCUT2D eigenvalue weighted by Gasteiger charge is 2.19. The van der Waals surface area contributed by atoms with Crippen molar-refractivity contribution in [1.82, 2.24) is 15.1 Å². The zero-order valence-electron chi connectivity index (χ0n) is 12.4. The number of aromatic nitrogens is 2. The van der Waals surface area contributed by atoms with E-state index in [1.54, 1.807) is 17.4 Å². The van der Waals surface area contributed by atoms with Crippen LogP contribution in [0.3, 0.4) is 0 Å². The van der Waals surface area contributed by atoms with Gasteiger partial charge in [0, 0.05) is 6.54 Å². The van der Waals surface area contributed by atoms with E-state index in [0.717, 1.165) is 10.4 Å². The van der Waals surface area contributed by atoms with Crippen molar-refractivity contribution in [2.45, 2.75) is 19.5 Å². The van der Waals surface area contributed by atoms with Crippen LogP contribution in [-0.4, -0.2) is 22.1 Å². The van der Waals surface area contributed by atoms with Gasteiger partial charge in [-0.15, -0.1) is 21.5 Å². The number of halogens is 1. The van der Waals surface area contributed by atoms with Crippen LogP contribution in [0.25, 0.3) is 10.8 Å². The molecule has 1 atom stereocenters. The Morgan fingerprint density at radius 1 is 1.27 bits per heavy atom. The molecule has 0 bridgehead atoms. The molecular formula is C16H16FN3OS. The molecule has 0 saturated heterocycles. The molecule has 2 aromatic heterocycles. The summed E-state index contributed by atoms with van der Waals surface area (Å²) in [7, 11) is 1.95. The van der Waals surface area contributed by atoms with Crippen LogP contribution in [0.4, 0.5) is 4.39 Å². The Labute approximate surface area is 132 Å². The van der Waals surface area contributed by atoms with Crippen molar-refractivity contribution in [3.63, 3.8) is 0 Å². The summed E-state index contributed by atoms with van der Waals surface area (Å²) in [5.41, 5.74) is 0.910. The van der Waals surface area contributed by atoms with Crippen molar-refractivity contribution < 1.29 is 8.81 Å². The fraction of sp³-hybridized carbons (Fsp3) is 0.250. The Morgan fingerprint density at radius 2 is 2.14 bits per heavy atom. The minimum Gasteiger partial charge on any atom is -0.418 e. The largest absolute Gasteiger partial charge is 0.418 e. The number of benzene rings is 1. The molecule has 0 aliphatic rings. The minimum absolute atomic E-state index is 0.0514. The van der Waals surface area contributed by atoms with Crippen molar-refractivity contribution in [2.75, 3.05) is 7.05 Å². The van der Waals surface area contributed by atoms with Crippen LogP contribution in [0.15, 0.2) is 46.2 Å². The van der Waals surface area contributed by atoms with Gasteiger partial charge in [-0.2, -0.15) is 0 Å². The highest BCUT2D eigenvalue weighted by atomic mass is 32.1. The first-order chi connectivity index (χ1) is 10.6. The van der Waals surface area contributed by atoms with Crippen LogP contribution >= 0.6 is 11.3 Å². The minimum atomic E-state index is -0.226. The van der Waals surface area contributed by atoms with Gasteiger partial charge >= 0.3 is 0 Å². The number of rotatable bonds is 5. The first kappa shape index (κ1) is 14.9. The van der Waals surface area contributed by atoms with Gasteiger partial charge in [-0.3, -0.25) is 4.90 Å². The topological polar surface area (TPSA) is 42.2 Å². The van der Waals surface area contributed by atoms with Gasteiger partial charge in [0.1, 0.15) is 5.82 Å². The van der Waals surface area contributed by atoms with E-state index in [1.807, 2.05) is 42.5 Å². The summed E-state index contributed by atoms with van der Waals surface area (Å²) in [5, 5.41) is 10.2. The summed E-state index contributed by atoms with van der Waals surface area (Å²) >= 11 is 1.56. The van der Waals surface area contributed by atoms with E-state index < -0.39 is 0 Å². The second-order valence-corrected chi connectivity index (χ2v) is 6.09. The zero-order valence-corrected chi connectivity index (χ0v) is 13.2. The molecule has 0 spiro atoms.